The summed E-state index contributed by atoms with van der Waals surface area (Å²) in [6, 6.07) is 7.63. The second-order valence-corrected chi connectivity index (χ2v) is 9.45. The van der Waals surface area contributed by atoms with Crippen LogP contribution in [0, 0.1) is 5.92 Å². The zero-order valence-electron chi connectivity index (χ0n) is 18.5. The van der Waals surface area contributed by atoms with Gasteiger partial charge in [-0.15, -0.1) is 11.8 Å². The summed E-state index contributed by atoms with van der Waals surface area (Å²) < 4.78 is 1.84. The number of rotatable bonds is 11. The van der Waals surface area contributed by atoms with Gasteiger partial charge in [-0.3, -0.25) is 4.79 Å². The lowest BCUT2D eigenvalue weighted by atomic mass is 10.2. The third-order valence-electron chi connectivity index (χ3n) is 4.55. The Balaban J connectivity index is 1.75. The number of aromatic nitrogens is 4. The van der Waals surface area contributed by atoms with Gasteiger partial charge in [-0.25, -0.2) is 14.6 Å². The van der Waals surface area contributed by atoms with Crippen molar-refractivity contribution in [2.45, 2.75) is 43.8 Å². The number of nitrogens with one attached hydrogen (secondary N) is 2. The van der Waals surface area contributed by atoms with Crippen molar-refractivity contribution < 1.29 is 4.79 Å². The van der Waals surface area contributed by atoms with Crippen LogP contribution in [0.2, 0.25) is 0 Å². The smallest absolute Gasteiger partial charge is 0.252 e. The molecule has 0 fully saturated rings. The molecule has 0 bridgehead atoms. The summed E-state index contributed by atoms with van der Waals surface area (Å²) in [7, 11) is 0. The second kappa shape index (κ2) is 11.4. The number of hydrogen-bond acceptors (Lipinski definition) is 7. The summed E-state index contributed by atoms with van der Waals surface area (Å²) in [4.78, 5) is 23.0. The number of nitrogens with zero attached hydrogens (tertiary/aromatic N) is 4. The van der Waals surface area contributed by atoms with Crippen molar-refractivity contribution in [1.29, 1.82) is 0 Å². The van der Waals surface area contributed by atoms with Gasteiger partial charge < -0.3 is 10.6 Å². The molecule has 0 aliphatic heterocycles. The van der Waals surface area contributed by atoms with Crippen LogP contribution in [0.15, 0.2) is 40.5 Å². The highest BCUT2D eigenvalue weighted by Gasteiger charge is 2.15. The van der Waals surface area contributed by atoms with E-state index < -0.39 is 0 Å². The zero-order valence-corrected chi connectivity index (χ0v) is 20.1. The average molecular weight is 459 g/mol. The summed E-state index contributed by atoms with van der Waals surface area (Å²) in [6.45, 7) is 8.31. The van der Waals surface area contributed by atoms with Gasteiger partial charge in [0.1, 0.15) is 5.82 Å². The standard InChI is InChI=1S/C22H30N6OS2/c1-5-12-31-22-26-19(24-13-15(2)3)17-14-25-28(20(17)27-22)11-10-23-21(29)16-8-6-7-9-18(16)30-4/h6-9,14-15H,5,10-13H2,1-4H3,(H,23,29)(H,24,26,27). The Hall–Kier alpha value is -2.26. The monoisotopic (exact) mass is 458 g/mol. The van der Waals surface area contributed by atoms with Gasteiger partial charge in [0.15, 0.2) is 10.8 Å². The van der Waals surface area contributed by atoms with Gasteiger partial charge in [0, 0.05) is 23.7 Å². The van der Waals surface area contributed by atoms with E-state index >= 15 is 0 Å². The Morgan fingerprint density at radius 1 is 1.23 bits per heavy atom. The maximum Gasteiger partial charge on any atom is 0.252 e. The molecular weight excluding hydrogens is 428 g/mol. The minimum Gasteiger partial charge on any atom is -0.369 e. The number of benzene rings is 1. The molecule has 31 heavy (non-hydrogen) atoms. The number of carbonyl (C=O) groups excluding carboxylic acids is 1. The molecule has 0 aliphatic carbocycles. The third kappa shape index (κ3) is 6.13. The number of fused-ring (bicyclic) bond motifs is 1. The molecule has 1 amide bonds. The molecule has 9 heteroatoms. The van der Waals surface area contributed by atoms with E-state index in [1.807, 2.05) is 35.2 Å². The van der Waals surface area contributed by atoms with Crippen LogP contribution in [0.1, 0.15) is 37.6 Å². The lowest BCUT2D eigenvalue weighted by Gasteiger charge is -2.11. The zero-order chi connectivity index (χ0) is 22.2. The van der Waals surface area contributed by atoms with Crippen molar-refractivity contribution >= 4 is 46.3 Å². The summed E-state index contributed by atoms with van der Waals surface area (Å²) >= 11 is 3.22. The lowest BCUT2D eigenvalue weighted by Crippen LogP contribution is -2.28. The predicted octanol–water partition coefficient (Wildman–Crippen LogP) is 4.55. The van der Waals surface area contributed by atoms with Crippen LogP contribution in [0.5, 0.6) is 0 Å². The number of hydrogen-bond donors (Lipinski definition) is 2. The van der Waals surface area contributed by atoms with Crippen LogP contribution in [-0.4, -0.2) is 50.8 Å². The Kier molecular flexibility index (Phi) is 8.60. The van der Waals surface area contributed by atoms with Crippen molar-refractivity contribution in [1.82, 2.24) is 25.1 Å². The highest BCUT2D eigenvalue weighted by Crippen LogP contribution is 2.25. The van der Waals surface area contributed by atoms with Gasteiger partial charge in [0.2, 0.25) is 0 Å². The predicted molar refractivity (Wildman–Crippen MR) is 130 cm³/mol. The average Bonchev–Trinajstić information content (AvgIpc) is 3.18. The molecule has 0 aliphatic rings. The Labute approximate surface area is 192 Å². The minimum absolute atomic E-state index is 0.0745. The Morgan fingerprint density at radius 2 is 2.03 bits per heavy atom. The van der Waals surface area contributed by atoms with Crippen molar-refractivity contribution in [3.8, 4) is 0 Å². The van der Waals surface area contributed by atoms with Gasteiger partial charge in [-0.2, -0.15) is 5.10 Å². The summed E-state index contributed by atoms with van der Waals surface area (Å²) in [5.41, 5.74) is 1.49. The molecular formula is C22H30N6OS2. The number of anilines is 1. The van der Waals surface area contributed by atoms with Crippen LogP contribution < -0.4 is 10.6 Å². The molecule has 0 saturated heterocycles. The number of carbonyl (C=O) groups is 1. The van der Waals surface area contributed by atoms with E-state index in [4.69, 9.17) is 9.97 Å². The molecule has 0 spiro atoms. The summed E-state index contributed by atoms with van der Waals surface area (Å²) in [6.07, 6.45) is 4.83. The molecule has 7 nitrogen and oxygen atoms in total. The van der Waals surface area contributed by atoms with Crippen LogP contribution in [0.25, 0.3) is 11.0 Å². The first-order chi connectivity index (χ1) is 15.0. The molecule has 0 saturated carbocycles. The van der Waals surface area contributed by atoms with E-state index in [0.717, 1.165) is 45.6 Å². The van der Waals surface area contributed by atoms with Crippen LogP contribution in [0.4, 0.5) is 5.82 Å². The second-order valence-electron chi connectivity index (χ2n) is 7.54. The normalized spacial score (nSPS) is 11.3. The molecule has 2 N–H and O–H groups in total. The van der Waals surface area contributed by atoms with Gasteiger partial charge in [-0.1, -0.05) is 44.7 Å². The maximum atomic E-state index is 12.6. The Morgan fingerprint density at radius 3 is 2.77 bits per heavy atom. The first kappa shape index (κ1) is 23.4. The highest BCUT2D eigenvalue weighted by molar-refractivity contribution is 7.99. The van der Waals surface area contributed by atoms with Crippen LogP contribution in [0.3, 0.4) is 0 Å². The van der Waals surface area contributed by atoms with Crippen molar-refractivity contribution in [2.75, 3.05) is 30.4 Å². The van der Waals surface area contributed by atoms with Gasteiger partial charge in [0.25, 0.3) is 5.91 Å². The number of amides is 1. The van der Waals surface area contributed by atoms with Crippen molar-refractivity contribution in [3.63, 3.8) is 0 Å². The highest BCUT2D eigenvalue weighted by atomic mass is 32.2. The lowest BCUT2D eigenvalue weighted by molar-refractivity contribution is 0.0949. The van der Waals surface area contributed by atoms with Gasteiger partial charge >= 0.3 is 0 Å². The fourth-order valence-electron chi connectivity index (χ4n) is 3.00. The molecule has 0 unspecified atom stereocenters. The first-order valence-electron chi connectivity index (χ1n) is 10.5. The van der Waals surface area contributed by atoms with Gasteiger partial charge in [-0.05, 0) is 30.7 Å². The molecule has 2 heterocycles. The van der Waals surface area contributed by atoms with E-state index in [1.165, 1.54) is 0 Å². The van der Waals surface area contributed by atoms with Gasteiger partial charge in [0.05, 0.1) is 23.7 Å². The molecule has 1 aromatic carbocycles. The third-order valence-corrected chi connectivity index (χ3v) is 6.40. The van der Waals surface area contributed by atoms with E-state index in [2.05, 4.69) is 36.5 Å². The quantitative estimate of drug-likeness (QED) is 0.322. The fraction of sp³-hybridized carbons (Fsp3) is 0.455. The molecule has 166 valence electrons. The van der Waals surface area contributed by atoms with E-state index in [0.29, 0.717) is 24.6 Å². The van der Waals surface area contributed by atoms with E-state index in [1.54, 1.807) is 29.7 Å². The minimum atomic E-state index is -0.0745. The van der Waals surface area contributed by atoms with Crippen LogP contribution in [-0.2, 0) is 6.54 Å². The Bertz CT molecular complexity index is 1020. The SMILES string of the molecule is CCCSc1nc(NCC(C)C)c2cnn(CCNC(=O)c3ccccc3SC)c2n1. The summed E-state index contributed by atoms with van der Waals surface area (Å²) in [5, 5.41) is 12.6. The largest absolute Gasteiger partial charge is 0.369 e. The molecule has 0 atom stereocenters. The number of thioether (sulfide) groups is 2. The maximum absolute atomic E-state index is 12.6. The molecule has 3 aromatic rings. The van der Waals surface area contributed by atoms with E-state index in [9.17, 15) is 4.79 Å². The first-order valence-corrected chi connectivity index (χ1v) is 12.8. The van der Waals surface area contributed by atoms with Crippen molar-refractivity contribution in [2.24, 2.45) is 5.92 Å². The molecule has 3 rings (SSSR count). The molecule has 2 aromatic heterocycles. The summed E-state index contributed by atoms with van der Waals surface area (Å²) in [5.74, 6) is 2.22. The topological polar surface area (TPSA) is 84.7 Å². The fourth-order valence-corrected chi connectivity index (χ4v) is 4.28. The van der Waals surface area contributed by atoms with Crippen LogP contribution >= 0.6 is 23.5 Å². The van der Waals surface area contributed by atoms with Crippen molar-refractivity contribution in [3.05, 3.63) is 36.0 Å². The molecule has 0 radical (unpaired) electrons. The van der Waals surface area contributed by atoms with E-state index in [-0.39, 0.29) is 5.91 Å².